The smallest absolute Gasteiger partial charge is 0.244 e. The van der Waals surface area contributed by atoms with E-state index in [-0.39, 0.29) is 4.90 Å². The van der Waals surface area contributed by atoms with Crippen molar-refractivity contribution < 1.29 is 8.42 Å². The third kappa shape index (κ3) is 2.12. The summed E-state index contributed by atoms with van der Waals surface area (Å²) in [5.41, 5.74) is 1.55. The summed E-state index contributed by atoms with van der Waals surface area (Å²) in [5, 5.41) is 0. The molecule has 0 fully saturated rings. The van der Waals surface area contributed by atoms with Crippen LogP contribution in [0.4, 0.5) is 0 Å². The molecule has 0 saturated carbocycles. The van der Waals surface area contributed by atoms with Crippen LogP contribution in [0, 0.1) is 0 Å². The van der Waals surface area contributed by atoms with E-state index >= 15 is 0 Å². The van der Waals surface area contributed by atoms with Gasteiger partial charge in [0.2, 0.25) is 0 Å². The van der Waals surface area contributed by atoms with Crippen molar-refractivity contribution in [3.63, 3.8) is 0 Å². The van der Waals surface area contributed by atoms with Gasteiger partial charge in [-0.05, 0) is 11.6 Å². The fourth-order valence-corrected chi connectivity index (χ4v) is 3.39. The Kier molecular flexibility index (Phi) is 3.12. The maximum Gasteiger partial charge on any atom is 0.269 e. The Morgan fingerprint density at radius 1 is 0.900 bits per heavy atom. The number of hydrogen-bond acceptors (Lipinski definition) is 3. The number of imidazole rings is 1. The Morgan fingerprint density at radius 3 is 2.30 bits per heavy atom. The van der Waals surface area contributed by atoms with E-state index in [2.05, 4.69) is 4.98 Å². The normalized spacial score (nSPS) is 11.4. The van der Waals surface area contributed by atoms with E-state index in [4.69, 9.17) is 0 Å². The molecule has 3 rings (SSSR count). The van der Waals surface area contributed by atoms with Crippen LogP contribution in [0.3, 0.4) is 0 Å². The maximum atomic E-state index is 12.6. The molecule has 100 valence electrons. The lowest BCUT2D eigenvalue weighted by atomic mass is 10.1. The van der Waals surface area contributed by atoms with Crippen molar-refractivity contribution in [3.8, 4) is 11.1 Å². The molecule has 0 unspecified atom stereocenters. The van der Waals surface area contributed by atoms with Crippen molar-refractivity contribution in [1.82, 2.24) is 8.96 Å². The summed E-state index contributed by atoms with van der Waals surface area (Å²) in [6, 6.07) is 16.4. The van der Waals surface area contributed by atoms with Crippen LogP contribution in [0.2, 0.25) is 0 Å². The Balaban J connectivity index is 2.22. The van der Waals surface area contributed by atoms with Crippen molar-refractivity contribution in [2.45, 2.75) is 4.90 Å². The molecule has 0 atom stereocenters. The molecule has 20 heavy (non-hydrogen) atoms. The molecule has 5 heteroatoms. The number of rotatable bonds is 3. The van der Waals surface area contributed by atoms with Gasteiger partial charge in [-0.15, -0.1) is 0 Å². The number of nitrogens with zero attached hydrogens (tertiary/aromatic N) is 2. The van der Waals surface area contributed by atoms with Crippen molar-refractivity contribution in [1.29, 1.82) is 0 Å². The van der Waals surface area contributed by atoms with Crippen LogP contribution >= 0.6 is 0 Å². The minimum atomic E-state index is -3.62. The van der Waals surface area contributed by atoms with Crippen molar-refractivity contribution in [2.75, 3.05) is 0 Å². The van der Waals surface area contributed by atoms with E-state index in [9.17, 15) is 8.42 Å². The zero-order valence-corrected chi connectivity index (χ0v) is 11.4. The Hall–Kier alpha value is -2.40. The summed E-state index contributed by atoms with van der Waals surface area (Å²) < 4.78 is 26.3. The lowest BCUT2D eigenvalue weighted by Gasteiger charge is -2.10. The van der Waals surface area contributed by atoms with Gasteiger partial charge in [0.05, 0.1) is 4.90 Å². The van der Waals surface area contributed by atoms with Crippen LogP contribution in [0.5, 0.6) is 0 Å². The minimum Gasteiger partial charge on any atom is -0.244 e. The van der Waals surface area contributed by atoms with Gasteiger partial charge in [0.15, 0.2) is 0 Å². The van der Waals surface area contributed by atoms with E-state index < -0.39 is 10.0 Å². The molecule has 0 N–H and O–H groups in total. The second kappa shape index (κ2) is 4.94. The first-order valence-corrected chi connectivity index (χ1v) is 7.51. The Labute approximate surface area is 117 Å². The van der Waals surface area contributed by atoms with Gasteiger partial charge in [-0.1, -0.05) is 48.5 Å². The van der Waals surface area contributed by atoms with Crippen LogP contribution in [-0.2, 0) is 10.0 Å². The molecule has 0 aliphatic carbocycles. The van der Waals surface area contributed by atoms with Gasteiger partial charge in [0.1, 0.15) is 6.33 Å². The molecular formula is C15H12N2O2S. The van der Waals surface area contributed by atoms with Gasteiger partial charge < -0.3 is 0 Å². The van der Waals surface area contributed by atoms with Crippen LogP contribution < -0.4 is 0 Å². The molecule has 2 aromatic carbocycles. The highest BCUT2D eigenvalue weighted by Crippen LogP contribution is 2.28. The van der Waals surface area contributed by atoms with Crippen molar-refractivity contribution in [2.24, 2.45) is 0 Å². The molecule has 0 aliphatic rings. The van der Waals surface area contributed by atoms with Gasteiger partial charge in [-0.3, -0.25) is 0 Å². The average molecular weight is 284 g/mol. The van der Waals surface area contributed by atoms with Crippen LogP contribution in [0.25, 0.3) is 11.1 Å². The molecule has 0 saturated heterocycles. The molecule has 0 amide bonds. The first-order chi connectivity index (χ1) is 9.69. The van der Waals surface area contributed by atoms with E-state index in [0.29, 0.717) is 5.56 Å². The summed E-state index contributed by atoms with van der Waals surface area (Å²) in [6.07, 6.45) is 4.16. The Morgan fingerprint density at radius 2 is 1.60 bits per heavy atom. The zero-order valence-electron chi connectivity index (χ0n) is 10.5. The summed E-state index contributed by atoms with van der Waals surface area (Å²) in [5.74, 6) is 0. The monoisotopic (exact) mass is 284 g/mol. The topological polar surface area (TPSA) is 52.0 Å². The van der Waals surface area contributed by atoms with Gasteiger partial charge in [0, 0.05) is 18.0 Å². The molecular weight excluding hydrogens is 272 g/mol. The second-order valence-corrected chi connectivity index (χ2v) is 6.07. The SMILES string of the molecule is O=S(=O)(c1ccccc1-c1ccccc1)n1ccnc1. The third-order valence-corrected chi connectivity index (χ3v) is 4.69. The summed E-state index contributed by atoms with van der Waals surface area (Å²) in [4.78, 5) is 4.07. The fourth-order valence-electron chi connectivity index (χ4n) is 2.05. The van der Waals surface area contributed by atoms with Crippen LogP contribution in [0.1, 0.15) is 0 Å². The molecule has 1 aromatic heterocycles. The first-order valence-electron chi connectivity index (χ1n) is 6.07. The zero-order chi connectivity index (χ0) is 14.0. The van der Waals surface area contributed by atoms with E-state index in [1.54, 1.807) is 18.2 Å². The van der Waals surface area contributed by atoms with Gasteiger partial charge in [0.25, 0.3) is 10.0 Å². The molecule has 4 nitrogen and oxygen atoms in total. The Bertz CT molecular complexity index is 810. The highest BCUT2D eigenvalue weighted by Gasteiger charge is 2.20. The summed E-state index contributed by atoms with van der Waals surface area (Å²) >= 11 is 0. The highest BCUT2D eigenvalue weighted by molar-refractivity contribution is 7.90. The van der Waals surface area contributed by atoms with E-state index in [1.165, 1.54) is 18.7 Å². The third-order valence-electron chi connectivity index (χ3n) is 3.01. The predicted octanol–water partition coefficient (Wildman–Crippen LogP) is 2.79. The standard InChI is InChI=1S/C15H12N2O2S/c18-20(19,17-11-10-16-12-17)15-9-5-4-8-14(15)13-6-2-1-3-7-13/h1-12H. The quantitative estimate of drug-likeness (QED) is 0.743. The van der Waals surface area contributed by atoms with Gasteiger partial charge >= 0.3 is 0 Å². The number of hydrogen-bond donors (Lipinski definition) is 0. The summed E-state index contributed by atoms with van der Waals surface area (Å²) in [6.45, 7) is 0. The first kappa shape index (κ1) is 12.6. The lowest BCUT2D eigenvalue weighted by Crippen LogP contribution is -2.12. The second-order valence-electron chi connectivity index (χ2n) is 4.26. The van der Waals surface area contributed by atoms with E-state index in [1.807, 2.05) is 36.4 Å². The molecule has 0 spiro atoms. The lowest BCUT2D eigenvalue weighted by molar-refractivity contribution is 0.587. The van der Waals surface area contributed by atoms with Crippen LogP contribution in [-0.4, -0.2) is 17.4 Å². The fraction of sp³-hybridized carbons (Fsp3) is 0. The largest absolute Gasteiger partial charge is 0.269 e. The molecule has 0 bridgehead atoms. The van der Waals surface area contributed by atoms with Crippen molar-refractivity contribution >= 4 is 10.0 Å². The number of benzene rings is 2. The van der Waals surface area contributed by atoms with Crippen molar-refractivity contribution in [3.05, 3.63) is 73.3 Å². The maximum absolute atomic E-state index is 12.6. The molecule has 0 radical (unpaired) electrons. The van der Waals surface area contributed by atoms with Gasteiger partial charge in [-0.2, -0.15) is 0 Å². The minimum absolute atomic E-state index is 0.268. The molecule has 1 heterocycles. The average Bonchev–Trinajstić information content (AvgIpc) is 3.03. The molecule has 3 aromatic rings. The molecule has 0 aliphatic heterocycles. The predicted molar refractivity (Wildman–Crippen MR) is 76.7 cm³/mol. The van der Waals surface area contributed by atoms with Gasteiger partial charge in [-0.25, -0.2) is 17.4 Å². The van der Waals surface area contributed by atoms with Crippen LogP contribution in [0.15, 0.2) is 78.2 Å². The summed E-state index contributed by atoms with van der Waals surface area (Å²) in [7, 11) is -3.62. The number of aromatic nitrogens is 2. The van der Waals surface area contributed by atoms with E-state index in [0.717, 1.165) is 9.54 Å². The highest BCUT2D eigenvalue weighted by atomic mass is 32.2.